The van der Waals surface area contributed by atoms with Gasteiger partial charge >= 0.3 is 0 Å². The quantitative estimate of drug-likeness (QED) is 0.838. The van der Waals surface area contributed by atoms with Gasteiger partial charge in [0.1, 0.15) is 0 Å². The predicted octanol–water partition coefficient (Wildman–Crippen LogP) is 2.49. The minimum atomic E-state index is -0.134. The summed E-state index contributed by atoms with van der Waals surface area (Å²) in [6.07, 6.45) is 3.38. The first kappa shape index (κ1) is 20.3. The molecule has 8 nitrogen and oxygen atoms in total. The maximum Gasteiger partial charge on any atom is 0.254 e. The number of carbonyl (C=O) groups is 2. The minimum absolute atomic E-state index is 0.0164. The first-order chi connectivity index (χ1) is 14.5. The molecular formula is C22H27N5O3. The van der Waals surface area contributed by atoms with Crippen molar-refractivity contribution in [2.45, 2.75) is 32.9 Å². The molecule has 3 atom stereocenters. The van der Waals surface area contributed by atoms with E-state index in [1.54, 1.807) is 25.4 Å². The molecule has 158 valence electrons. The first-order valence-corrected chi connectivity index (χ1v) is 10.3. The molecule has 4 rings (SSSR count). The Bertz CT molecular complexity index is 930. The molecule has 1 saturated heterocycles. The zero-order chi connectivity index (χ0) is 21.3. The van der Waals surface area contributed by atoms with E-state index in [9.17, 15) is 9.59 Å². The number of morpholine rings is 1. The number of hydrogen-bond donors (Lipinski definition) is 1. The summed E-state index contributed by atoms with van der Waals surface area (Å²) in [5, 5.41) is 3.42. The number of carbonyl (C=O) groups excluding carboxylic acids is 2. The Balaban J connectivity index is 1.74. The van der Waals surface area contributed by atoms with E-state index in [0.717, 1.165) is 11.3 Å². The number of fused-ring (bicyclic) bond motifs is 1. The van der Waals surface area contributed by atoms with Crippen molar-refractivity contribution in [3.63, 3.8) is 0 Å². The highest BCUT2D eigenvalue weighted by molar-refractivity contribution is 5.98. The van der Waals surface area contributed by atoms with Gasteiger partial charge in [0, 0.05) is 55.6 Å². The van der Waals surface area contributed by atoms with Crippen LogP contribution in [0.2, 0.25) is 0 Å². The molecule has 0 aliphatic carbocycles. The van der Waals surface area contributed by atoms with E-state index in [1.165, 1.54) is 0 Å². The summed E-state index contributed by atoms with van der Waals surface area (Å²) in [7, 11) is 0. The molecule has 1 N–H and O–H groups in total. The maximum absolute atomic E-state index is 13.1. The van der Waals surface area contributed by atoms with Crippen LogP contribution in [-0.2, 0) is 9.53 Å². The van der Waals surface area contributed by atoms with Crippen molar-refractivity contribution in [2.75, 3.05) is 36.5 Å². The third-order valence-electron chi connectivity index (χ3n) is 6.05. The van der Waals surface area contributed by atoms with E-state index >= 15 is 0 Å². The lowest BCUT2D eigenvalue weighted by atomic mass is 9.82. The Morgan fingerprint density at radius 1 is 1.13 bits per heavy atom. The molecule has 0 spiro atoms. The van der Waals surface area contributed by atoms with Crippen LogP contribution in [0, 0.1) is 5.92 Å². The predicted molar refractivity (Wildman–Crippen MR) is 113 cm³/mol. The van der Waals surface area contributed by atoms with Gasteiger partial charge < -0.3 is 19.9 Å². The smallest absolute Gasteiger partial charge is 0.254 e. The number of nitrogens with zero attached hydrogens (tertiary/aromatic N) is 4. The molecule has 30 heavy (non-hydrogen) atoms. The van der Waals surface area contributed by atoms with Gasteiger partial charge in [-0.15, -0.1) is 0 Å². The summed E-state index contributed by atoms with van der Waals surface area (Å²) < 4.78 is 5.36. The Labute approximate surface area is 176 Å². The summed E-state index contributed by atoms with van der Waals surface area (Å²) in [5.41, 5.74) is 2.34. The van der Waals surface area contributed by atoms with Gasteiger partial charge in [-0.05, 0) is 36.8 Å². The van der Waals surface area contributed by atoms with E-state index in [-0.39, 0.29) is 29.8 Å². The zero-order valence-corrected chi connectivity index (χ0v) is 17.5. The van der Waals surface area contributed by atoms with Gasteiger partial charge in [-0.2, -0.15) is 0 Å². The Morgan fingerprint density at radius 2 is 1.83 bits per heavy atom. The van der Waals surface area contributed by atoms with E-state index in [2.05, 4.69) is 22.2 Å². The number of rotatable bonds is 3. The third kappa shape index (κ3) is 3.75. The average molecular weight is 409 g/mol. The van der Waals surface area contributed by atoms with Crippen molar-refractivity contribution < 1.29 is 14.3 Å². The fourth-order valence-corrected chi connectivity index (χ4v) is 4.30. The number of amides is 2. The van der Waals surface area contributed by atoms with Crippen LogP contribution in [0.3, 0.4) is 0 Å². The van der Waals surface area contributed by atoms with Gasteiger partial charge in [0.15, 0.2) is 0 Å². The molecule has 2 aromatic rings. The second kappa shape index (κ2) is 8.39. The molecule has 2 aliphatic heterocycles. The molecule has 2 aliphatic rings. The van der Waals surface area contributed by atoms with Crippen molar-refractivity contribution in [3.05, 3.63) is 47.8 Å². The lowest BCUT2D eigenvalue weighted by molar-refractivity contribution is -0.117. The van der Waals surface area contributed by atoms with Crippen molar-refractivity contribution in [1.29, 1.82) is 0 Å². The fourth-order valence-electron chi connectivity index (χ4n) is 4.30. The SMILES string of the molecule is CC(=O)N1c2ccc(C(=O)N3CCOCC3)cc2[C@H](Nc2ncccn2)[C@@H](C)[C@@H]1C. The molecule has 0 unspecified atom stereocenters. The number of ether oxygens (including phenoxy) is 1. The van der Waals surface area contributed by atoms with Crippen molar-refractivity contribution in [2.24, 2.45) is 5.92 Å². The van der Waals surface area contributed by atoms with E-state index in [1.807, 2.05) is 34.9 Å². The third-order valence-corrected chi connectivity index (χ3v) is 6.05. The normalized spacial score (nSPS) is 23.6. The molecule has 3 heterocycles. The zero-order valence-electron chi connectivity index (χ0n) is 17.5. The molecule has 0 radical (unpaired) electrons. The standard InChI is InChI=1S/C22H27N5O3/c1-14-15(2)27(16(3)28)19-6-5-17(21(29)26-9-11-30-12-10-26)13-18(19)20(14)25-22-23-7-4-8-24-22/h4-8,13-15,20H,9-12H2,1-3H3,(H,23,24,25)/t14-,15-,20+/m0/s1. The summed E-state index contributed by atoms with van der Waals surface area (Å²) in [6.45, 7) is 8.00. The summed E-state index contributed by atoms with van der Waals surface area (Å²) in [6, 6.07) is 7.22. The Kier molecular flexibility index (Phi) is 5.67. The van der Waals surface area contributed by atoms with E-state index < -0.39 is 0 Å². The van der Waals surface area contributed by atoms with Crippen LogP contribution < -0.4 is 10.2 Å². The number of anilines is 2. The summed E-state index contributed by atoms with van der Waals surface area (Å²) >= 11 is 0. The largest absolute Gasteiger partial charge is 0.378 e. The Hall–Kier alpha value is -3.00. The number of benzene rings is 1. The van der Waals surface area contributed by atoms with E-state index in [4.69, 9.17) is 4.74 Å². The fraction of sp³-hybridized carbons (Fsp3) is 0.455. The molecular weight excluding hydrogens is 382 g/mol. The van der Waals surface area contributed by atoms with E-state index in [0.29, 0.717) is 37.8 Å². The van der Waals surface area contributed by atoms with Gasteiger partial charge in [0.25, 0.3) is 5.91 Å². The molecule has 0 saturated carbocycles. The molecule has 1 aromatic carbocycles. The van der Waals surface area contributed by atoms with Crippen molar-refractivity contribution in [1.82, 2.24) is 14.9 Å². The number of hydrogen-bond acceptors (Lipinski definition) is 6. The van der Waals surface area contributed by atoms with Crippen LogP contribution in [-0.4, -0.2) is 59.0 Å². The molecule has 8 heteroatoms. The molecule has 2 amide bonds. The average Bonchev–Trinajstić information content (AvgIpc) is 2.77. The van der Waals surface area contributed by atoms with Crippen molar-refractivity contribution in [3.8, 4) is 0 Å². The van der Waals surface area contributed by atoms with Crippen LogP contribution in [0.15, 0.2) is 36.7 Å². The van der Waals surface area contributed by atoms with Gasteiger partial charge in [0.05, 0.1) is 19.3 Å². The minimum Gasteiger partial charge on any atom is -0.378 e. The van der Waals surface area contributed by atoms with Crippen LogP contribution in [0.1, 0.15) is 42.7 Å². The monoisotopic (exact) mass is 409 g/mol. The first-order valence-electron chi connectivity index (χ1n) is 10.3. The van der Waals surface area contributed by atoms with Crippen molar-refractivity contribution >= 4 is 23.5 Å². The van der Waals surface area contributed by atoms with Crippen LogP contribution in [0.5, 0.6) is 0 Å². The highest BCUT2D eigenvalue weighted by atomic mass is 16.5. The van der Waals surface area contributed by atoms with Gasteiger partial charge in [-0.25, -0.2) is 9.97 Å². The van der Waals surface area contributed by atoms with Crippen LogP contribution in [0.25, 0.3) is 0 Å². The lowest BCUT2D eigenvalue weighted by Gasteiger charge is -2.44. The van der Waals surface area contributed by atoms with Crippen LogP contribution >= 0.6 is 0 Å². The molecule has 1 aromatic heterocycles. The highest BCUT2D eigenvalue weighted by Gasteiger charge is 2.39. The second-order valence-corrected chi connectivity index (χ2v) is 7.86. The molecule has 1 fully saturated rings. The maximum atomic E-state index is 13.1. The van der Waals surface area contributed by atoms with Gasteiger partial charge in [-0.1, -0.05) is 6.92 Å². The topological polar surface area (TPSA) is 87.7 Å². The summed E-state index contributed by atoms with van der Waals surface area (Å²) in [4.78, 5) is 37.7. The summed E-state index contributed by atoms with van der Waals surface area (Å²) in [5.74, 6) is 0.571. The van der Waals surface area contributed by atoms with Gasteiger partial charge in [0.2, 0.25) is 11.9 Å². The highest BCUT2D eigenvalue weighted by Crippen LogP contribution is 2.42. The van der Waals surface area contributed by atoms with Gasteiger partial charge in [-0.3, -0.25) is 9.59 Å². The lowest BCUT2D eigenvalue weighted by Crippen LogP contribution is -2.48. The number of nitrogens with one attached hydrogen (secondary N) is 1. The van der Waals surface area contributed by atoms with Crippen LogP contribution in [0.4, 0.5) is 11.6 Å². The molecule has 0 bridgehead atoms. The number of aromatic nitrogens is 2. The second-order valence-electron chi connectivity index (χ2n) is 7.86. The Morgan fingerprint density at radius 3 is 2.50 bits per heavy atom.